The molecule has 0 radical (unpaired) electrons. The molecule has 1 aromatic carbocycles. The molecular weight excluding hydrogens is 306 g/mol. The Morgan fingerprint density at radius 2 is 2.09 bits per heavy atom. The van der Waals surface area contributed by atoms with Gasteiger partial charge in [0.15, 0.2) is 0 Å². The average Bonchev–Trinajstić information content (AvgIpc) is 3.02. The predicted molar refractivity (Wildman–Crippen MR) is 94.6 cm³/mol. The molecular formula is C18H25N3OS. The van der Waals surface area contributed by atoms with Crippen LogP contribution in [0.5, 0.6) is 0 Å². The van der Waals surface area contributed by atoms with Gasteiger partial charge in [0.25, 0.3) is 0 Å². The zero-order chi connectivity index (χ0) is 16.2. The van der Waals surface area contributed by atoms with E-state index in [0.717, 1.165) is 43.3 Å². The molecule has 2 N–H and O–H groups in total. The van der Waals surface area contributed by atoms with Crippen molar-refractivity contribution >= 4 is 11.3 Å². The van der Waals surface area contributed by atoms with Crippen LogP contribution in [0, 0.1) is 13.8 Å². The number of nitrogens with one attached hydrogen (secondary N) is 1. The molecule has 0 amide bonds. The standard InChI is InChI=1S/C18H25N3OS/c1-13-18(23-14(2)20-13)10-19-9-16-8-17(22)12-21(16)11-15-6-4-3-5-7-15/h3-7,16-17,19,22H,8-12H2,1-2H3. The van der Waals surface area contributed by atoms with Crippen LogP contribution in [0.15, 0.2) is 30.3 Å². The highest BCUT2D eigenvalue weighted by Crippen LogP contribution is 2.21. The molecule has 0 spiro atoms. The number of likely N-dealkylation sites (tertiary alicyclic amines) is 1. The van der Waals surface area contributed by atoms with Crippen molar-refractivity contribution in [2.75, 3.05) is 13.1 Å². The lowest BCUT2D eigenvalue weighted by atomic mass is 10.1. The highest BCUT2D eigenvalue weighted by atomic mass is 32.1. The fourth-order valence-corrected chi connectivity index (χ4v) is 4.18. The van der Waals surface area contributed by atoms with Crippen LogP contribution in [0.2, 0.25) is 0 Å². The second-order valence-electron chi connectivity index (χ2n) is 6.33. The number of rotatable bonds is 6. The highest BCUT2D eigenvalue weighted by molar-refractivity contribution is 7.11. The van der Waals surface area contributed by atoms with E-state index in [0.29, 0.717) is 6.04 Å². The summed E-state index contributed by atoms with van der Waals surface area (Å²) in [5.74, 6) is 0. The molecule has 1 aromatic heterocycles. The quantitative estimate of drug-likeness (QED) is 0.854. The molecule has 2 aromatic rings. The van der Waals surface area contributed by atoms with Gasteiger partial charge in [0.1, 0.15) is 0 Å². The zero-order valence-electron chi connectivity index (χ0n) is 13.8. The highest BCUT2D eigenvalue weighted by Gasteiger charge is 2.30. The minimum Gasteiger partial charge on any atom is -0.392 e. The zero-order valence-corrected chi connectivity index (χ0v) is 14.6. The number of hydrogen-bond donors (Lipinski definition) is 2. The molecule has 23 heavy (non-hydrogen) atoms. The first kappa shape index (κ1) is 16.6. The van der Waals surface area contributed by atoms with E-state index in [1.54, 1.807) is 11.3 Å². The van der Waals surface area contributed by atoms with E-state index in [2.05, 4.69) is 53.3 Å². The van der Waals surface area contributed by atoms with Crippen LogP contribution < -0.4 is 5.32 Å². The van der Waals surface area contributed by atoms with Crippen LogP contribution in [-0.2, 0) is 13.1 Å². The Kier molecular flexibility index (Phi) is 5.43. The van der Waals surface area contributed by atoms with Crippen molar-refractivity contribution < 1.29 is 5.11 Å². The number of β-amino-alcohol motifs (C(OH)–C–C–N with tert-alkyl or cyclic N) is 1. The molecule has 1 aliphatic heterocycles. The number of thiazole rings is 1. The Bertz CT molecular complexity index is 628. The molecule has 1 saturated heterocycles. The van der Waals surface area contributed by atoms with Gasteiger partial charge in [0, 0.05) is 37.1 Å². The third-order valence-electron chi connectivity index (χ3n) is 4.40. The fourth-order valence-electron chi connectivity index (χ4n) is 3.27. The summed E-state index contributed by atoms with van der Waals surface area (Å²) in [5.41, 5.74) is 2.44. The molecule has 1 aliphatic rings. The lowest BCUT2D eigenvalue weighted by Crippen LogP contribution is -2.37. The molecule has 2 atom stereocenters. The van der Waals surface area contributed by atoms with E-state index in [9.17, 15) is 5.11 Å². The van der Waals surface area contributed by atoms with Crippen LogP contribution >= 0.6 is 11.3 Å². The maximum Gasteiger partial charge on any atom is 0.0900 e. The van der Waals surface area contributed by atoms with Crippen LogP contribution in [0.25, 0.3) is 0 Å². The molecule has 0 saturated carbocycles. The van der Waals surface area contributed by atoms with E-state index >= 15 is 0 Å². The van der Waals surface area contributed by atoms with Gasteiger partial charge in [-0.2, -0.15) is 0 Å². The summed E-state index contributed by atoms with van der Waals surface area (Å²) < 4.78 is 0. The minimum atomic E-state index is -0.210. The fraction of sp³-hybridized carbons (Fsp3) is 0.500. The van der Waals surface area contributed by atoms with E-state index in [1.165, 1.54) is 10.4 Å². The van der Waals surface area contributed by atoms with Gasteiger partial charge < -0.3 is 10.4 Å². The number of aryl methyl sites for hydroxylation is 2. The topological polar surface area (TPSA) is 48.4 Å². The number of nitrogens with zero attached hydrogens (tertiary/aromatic N) is 2. The molecule has 3 rings (SSSR count). The van der Waals surface area contributed by atoms with Crippen LogP contribution in [-0.4, -0.2) is 40.2 Å². The van der Waals surface area contributed by atoms with E-state index in [1.807, 2.05) is 6.07 Å². The molecule has 2 heterocycles. The monoisotopic (exact) mass is 331 g/mol. The van der Waals surface area contributed by atoms with Gasteiger partial charge in [-0.3, -0.25) is 4.90 Å². The SMILES string of the molecule is Cc1nc(C)c(CNCC2CC(O)CN2Cc2ccccc2)s1. The van der Waals surface area contributed by atoms with E-state index in [-0.39, 0.29) is 6.10 Å². The predicted octanol–water partition coefficient (Wildman–Crippen LogP) is 2.48. The van der Waals surface area contributed by atoms with Crippen molar-refractivity contribution in [3.05, 3.63) is 51.5 Å². The van der Waals surface area contributed by atoms with Crippen molar-refractivity contribution in [1.82, 2.24) is 15.2 Å². The lowest BCUT2D eigenvalue weighted by molar-refractivity contribution is 0.172. The summed E-state index contributed by atoms with van der Waals surface area (Å²) in [6.07, 6.45) is 0.637. The normalized spacial score (nSPS) is 21.9. The second-order valence-corrected chi connectivity index (χ2v) is 7.62. The summed E-state index contributed by atoms with van der Waals surface area (Å²) in [7, 11) is 0. The van der Waals surface area contributed by atoms with Crippen molar-refractivity contribution in [2.24, 2.45) is 0 Å². The first-order valence-electron chi connectivity index (χ1n) is 8.21. The maximum absolute atomic E-state index is 10.0. The van der Waals surface area contributed by atoms with Gasteiger partial charge in [-0.25, -0.2) is 4.98 Å². The van der Waals surface area contributed by atoms with Crippen molar-refractivity contribution in [3.63, 3.8) is 0 Å². The van der Waals surface area contributed by atoms with Gasteiger partial charge in [-0.15, -0.1) is 11.3 Å². The molecule has 2 unspecified atom stereocenters. The number of aliphatic hydroxyl groups is 1. The summed E-state index contributed by atoms with van der Waals surface area (Å²) in [6.45, 7) is 7.56. The smallest absolute Gasteiger partial charge is 0.0900 e. The Hall–Kier alpha value is -1.27. The van der Waals surface area contributed by atoms with Gasteiger partial charge >= 0.3 is 0 Å². The Morgan fingerprint density at radius 1 is 1.30 bits per heavy atom. The molecule has 5 heteroatoms. The Balaban J connectivity index is 1.54. The van der Waals surface area contributed by atoms with Gasteiger partial charge in [0.2, 0.25) is 0 Å². The second kappa shape index (κ2) is 7.53. The minimum absolute atomic E-state index is 0.210. The summed E-state index contributed by atoms with van der Waals surface area (Å²) in [4.78, 5) is 8.17. The number of aromatic nitrogens is 1. The first-order chi connectivity index (χ1) is 11.1. The van der Waals surface area contributed by atoms with Crippen molar-refractivity contribution in [3.8, 4) is 0 Å². The Labute approximate surface area is 142 Å². The Morgan fingerprint density at radius 3 is 2.78 bits per heavy atom. The number of hydrogen-bond acceptors (Lipinski definition) is 5. The first-order valence-corrected chi connectivity index (χ1v) is 9.03. The average molecular weight is 331 g/mol. The van der Waals surface area contributed by atoms with E-state index in [4.69, 9.17) is 0 Å². The van der Waals surface area contributed by atoms with Crippen molar-refractivity contribution in [2.45, 2.75) is 45.5 Å². The van der Waals surface area contributed by atoms with Crippen LogP contribution in [0.4, 0.5) is 0 Å². The van der Waals surface area contributed by atoms with Gasteiger partial charge in [-0.05, 0) is 25.8 Å². The molecule has 0 aliphatic carbocycles. The summed E-state index contributed by atoms with van der Waals surface area (Å²) >= 11 is 1.76. The van der Waals surface area contributed by atoms with Gasteiger partial charge in [-0.1, -0.05) is 30.3 Å². The third-order valence-corrected chi connectivity index (χ3v) is 5.47. The van der Waals surface area contributed by atoms with Crippen molar-refractivity contribution in [1.29, 1.82) is 0 Å². The molecule has 1 fully saturated rings. The molecule has 4 nitrogen and oxygen atoms in total. The third kappa shape index (κ3) is 4.38. The summed E-state index contributed by atoms with van der Waals surface area (Å²) in [5, 5.41) is 14.7. The maximum atomic E-state index is 10.0. The number of benzene rings is 1. The van der Waals surface area contributed by atoms with Gasteiger partial charge in [0.05, 0.1) is 16.8 Å². The molecule has 124 valence electrons. The molecule has 0 bridgehead atoms. The van der Waals surface area contributed by atoms with Crippen LogP contribution in [0.3, 0.4) is 0 Å². The summed E-state index contributed by atoms with van der Waals surface area (Å²) in [6, 6.07) is 10.9. The largest absolute Gasteiger partial charge is 0.392 e. The lowest BCUT2D eigenvalue weighted by Gasteiger charge is -2.24. The van der Waals surface area contributed by atoms with E-state index < -0.39 is 0 Å². The van der Waals surface area contributed by atoms with Crippen LogP contribution in [0.1, 0.15) is 27.6 Å². The number of aliphatic hydroxyl groups excluding tert-OH is 1.